The van der Waals surface area contributed by atoms with Crippen LogP contribution in [0.2, 0.25) is 0 Å². The second kappa shape index (κ2) is 7.62. The molecule has 0 unspecified atom stereocenters. The van der Waals surface area contributed by atoms with Gasteiger partial charge in [0.15, 0.2) is 11.5 Å². The van der Waals surface area contributed by atoms with Crippen LogP contribution in [0.3, 0.4) is 0 Å². The predicted molar refractivity (Wildman–Crippen MR) is 95.3 cm³/mol. The molecule has 1 saturated carbocycles. The SMILES string of the molecule is COc1ccc(C(=O)N2N=C(C3CCCCC3)C[C@]2(O)C(F)(F)F)cc1OC. The minimum Gasteiger partial charge on any atom is -0.493 e. The summed E-state index contributed by atoms with van der Waals surface area (Å²) in [6.45, 7) is 0. The van der Waals surface area contributed by atoms with E-state index in [2.05, 4.69) is 5.10 Å². The van der Waals surface area contributed by atoms with Crippen LogP contribution in [0.1, 0.15) is 48.9 Å². The molecule has 1 aliphatic carbocycles. The van der Waals surface area contributed by atoms with Crippen LogP contribution in [0, 0.1) is 5.92 Å². The maximum Gasteiger partial charge on any atom is 0.438 e. The Morgan fingerprint density at radius 3 is 2.39 bits per heavy atom. The summed E-state index contributed by atoms with van der Waals surface area (Å²) in [7, 11) is 2.76. The molecule has 0 spiro atoms. The van der Waals surface area contributed by atoms with Gasteiger partial charge in [0.05, 0.1) is 14.2 Å². The number of halogens is 3. The van der Waals surface area contributed by atoms with Gasteiger partial charge in [-0.05, 0) is 37.0 Å². The number of carbonyl (C=O) groups excluding carboxylic acids is 1. The number of rotatable bonds is 4. The van der Waals surface area contributed by atoms with Crippen molar-refractivity contribution in [3.63, 3.8) is 0 Å². The molecule has 1 atom stereocenters. The molecular formula is C19H23F3N2O4. The minimum absolute atomic E-state index is 0.0889. The maximum atomic E-state index is 13.7. The Balaban J connectivity index is 1.97. The quantitative estimate of drug-likeness (QED) is 0.836. The fraction of sp³-hybridized carbons (Fsp3) is 0.579. The van der Waals surface area contributed by atoms with Crippen LogP contribution in [-0.2, 0) is 0 Å². The van der Waals surface area contributed by atoms with Gasteiger partial charge in [-0.3, -0.25) is 4.79 Å². The van der Waals surface area contributed by atoms with Crippen molar-refractivity contribution in [3.8, 4) is 11.5 Å². The number of nitrogens with zero attached hydrogens (tertiary/aromatic N) is 2. The molecule has 0 saturated heterocycles. The van der Waals surface area contributed by atoms with Crippen molar-refractivity contribution < 1.29 is 32.5 Å². The van der Waals surface area contributed by atoms with Crippen LogP contribution in [0.5, 0.6) is 11.5 Å². The van der Waals surface area contributed by atoms with E-state index >= 15 is 0 Å². The van der Waals surface area contributed by atoms with Gasteiger partial charge < -0.3 is 14.6 Å². The third-order valence-corrected chi connectivity index (χ3v) is 5.36. The molecule has 1 aromatic carbocycles. The Hall–Kier alpha value is -2.29. The highest BCUT2D eigenvalue weighted by Gasteiger charge is 2.63. The van der Waals surface area contributed by atoms with Crippen molar-refractivity contribution in [1.82, 2.24) is 5.01 Å². The highest BCUT2D eigenvalue weighted by molar-refractivity contribution is 5.99. The van der Waals surface area contributed by atoms with Gasteiger partial charge in [-0.1, -0.05) is 19.3 Å². The van der Waals surface area contributed by atoms with Crippen molar-refractivity contribution in [2.45, 2.75) is 50.4 Å². The van der Waals surface area contributed by atoms with Gasteiger partial charge in [0.2, 0.25) is 0 Å². The normalized spacial score (nSPS) is 23.5. The van der Waals surface area contributed by atoms with Crippen LogP contribution in [0.15, 0.2) is 23.3 Å². The van der Waals surface area contributed by atoms with E-state index in [1.165, 1.54) is 32.4 Å². The largest absolute Gasteiger partial charge is 0.493 e. The lowest BCUT2D eigenvalue weighted by Crippen LogP contribution is -2.56. The van der Waals surface area contributed by atoms with Crippen LogP contribution < -0.4 is 9.47 Å². The molecule has 0 aromatic heterocycles. The molecule has 1 fully saturated rings. The average Bonchev–Trinajstić information content (AvgIpc) is 3.06. The Morgan fingerprint density at radius 1 is 1.18 bits per heavy atom. The first-order valence-corrected chi connectivity index (χ1v) is 9.14. The first-order chi connectivity index (χ1) is 13.2. The minimum atomic E-state index is -5.04. The monoisotopic (exact) mass is 400 g/mol. The molecule has 1 amide bonds. The van der Waals surface area contributed by atoms with Gasteiger partial charge in [0.25, 0.3) is 11.6 Å². The molecule has 2 aliphatic rings. The first kappa shape index (κ1) is 20.4. The summed E-state index contributed by atoms with van der Waals surface area (Å²) < 4.78 is 51.3. The van der Waals surface area contributed by atoms with Crippen LogP contribution >= 0.6 is 0 Å². The zero-order chi connectivity index (χ0) is 20.5. The zero-order valence-electron chi connectivity index (χ0n) is 15.8. The van der Waals surface area contributed by atoms with E-state index in [0.717, 1.165) is 19.3 Å². The lowest BCUT2D eigenvalue weighted by atomic mass is 9.83. The van der Waals surface area contributed by atoms with Crippen LogP contribution in [-0.4, -0.2) is 47.9 Å². The van der Waals surface area contributed by atoms with Gasteiger partial charge in [-0.25, -0.2) is 0 Å². The summed E-state index contributed by atoms with van der Waals surface area (Å²) >= 11 is 0. The fourth-order valence-electron chi connectivity index (χ4n) is 3.76. The van der Waals surface area contributed by atoms with E-state index in [9.17, 15) is 23.1 Å². The number of methoxy groups -OCH3 is 2. The number of carbonyl (C=O) groups is 1. The summed E-state index contributed by atoms with van der Waals surface area (Å²) in [5.74, 6) is -0.671. The lowest BCUT2D eigenvalue weighted by molar-refractivity contribution is -0.297. The molecule has 1 aliphatic heterocycles. The molecule has 0 radical (unpaired) electrons. The summed E-state index contributed by atoms with van der Waals surface area (Å²) in [5, 5.41) is 14.6. The zero-order valence-corrected chi connectivity index (χ0v) is 15.8. The van der Waals surface area contributed by atoms with E-state index in [4.69, 9.17) is 9.47 Å². The van der Waals surface area contributed by atoms with Crippen molar-refractivity contribution in [1.29, 1.82) is 0 Å². The number of hydrogen-bond donors (Lipinski definition) is 1. The third-order valence-electron chi connectivity index (χ3n) is 5.36. The summed E-state index contributed by atoms with van der Waals surface area (Å²) in [6, 6.07) is 4.00. The van der Waals surface area contributed by atoms with E-state index in [1.807, 2.05) is 0 Å². The van der Waals surface area contributed by atoms with Crippen LogP contribution in [0.25, 0.3) is 0 Å². The van der Waals surface area contributed by atoms with E-state index in [1.54, 1.807) is 0 Å². The molecule has 1 N–H and O–H groups in total. The number of alkyl halides is 3. The number of amides is 1. The van der Waals surface area contributed by atoms with Gasteiger partial charge >= 0.3 is 6.18 Å². The number of ether oxygens (including phenoxy) is 2. The Bertz CT molecular complexity index is 775. The number of benzene rings is 1. The summed E-state index contributed by atoms with van der Waals surface area (Å²) in [4.78, 5) is 12.9. The molecular weight excluding hydrogens is 377 g/mol. The molecule has 0 bridgehead atoms. The molecule has 6 nitrogen and oxygen atoms in total. The average molecular weight is 400 g/mol. The number of hydrogen-bond acceptors (Lipinski definition) is 5. The van der Waals surface area contributed by atoms with Crippen molar-refractivity contribution in [3.05, 3.63) is 23.8 Å². The molecule has 3 rings (SSSR count). The molecule has 9 heteroatoms. The van der Waals surface area contributed by atoms with E-state index in [0.29, 0.717) is 18.6 Å². The lowest BCUT2D eigenvalue weighted by Gasteiger charge is -2.32. The smallest absolute Gasteiger partial charge is 0.438 e. The second-order valence-corrected chi connectivity index (χ2v) is 7.10. The molecule has 1 heterocycles. The van der Waals surface area contributed by atoms with Gasteiger partial charge in [-0.2, -0.15) is 23.3 Å². The Kier molecular flexibility index (Phi) is 5.56. The van der Waals surface area contributed by atoms with Gasteiger partial charge in [0.1, 0.15) is 0 Å². The highest BCUT2D eigenvalue weighted by atomic mass is 19.4. The topological polar surface area (TPSA) is 71.4 Å². The van der Waals surface area contributed by atoms with E-state index in [-0.39, 0.29) is 28.0 Å². The Labute approximate surface area is 160 Å². The maximum absolute atomic E-state index is 13.7. The van der Waals surface area contributed by atoms with Crippen molar-refractivity contribution in [2.75, 3.05) is 14.2 Å². The third kappa shape index (κ3) is 3.55. The predicted octanol–water partition coefficient (Wildman–Crippen LogP) is 3.74. The summed E-state index contributed by atoms with van der Waals surface area (Å²) in [6.07, 6.45) is -1.51. The Morgan fingerprint density at radius 2 is 1.82 bits per heavy atom. The fourth-order valence-corrected chi connectivity index (χ4v) is 3.76. The number of aliphatic hydroxyl groups is 1. The van der Waals surface area contributed by atoms with Crippen molar-refractivity contribution in [2.24, 2.45) is 11.0 Å². The van der Waals surface area contributed by atoms with E-state index < -0.39 is 24.2 Å². The summed E-state index contributed by atoms with van der Waals surface area (Å²) in [5.41, 5.74) is -3.22. The first-order valence-electron chi connectivity index (χ1n) is 9.14. The standard InChI is InChI=1S/C19H23F3N2O4/c1-27-15-9-8-13(10-16(15)28-2)17(25)24-18(26,19(20,21)22)11-14(23-24)12-6-4-3-5-7-12/h8-10,12,26H,3-7,11H2,1-2H3/t18-/m0/s1. The molecule has 1 aromatic rings. The second-order valence-electron chi connectivity index (χ2n) is 7.10. The highest BCUT2D eigenvalue weighted by Crippen LogP contribution is 2.44. The molecule has 28 heavy (non-hydrogen) atoms. The molecule has 154 valence electrons. The number of hydrazone groups is 1. The van der Waals surface area contributed by atoms with Crippen LogP contribution in [0.4, 0.5) is 13.2 Å². The van der Waals surface area contributed by atoms with Crippen molar-refractivity contribution >= 4 is 11.6 Å². The van der Waals surface area contributed by atoms with Gasteiger partial charge in [-0.15, -0.1) is 0 Å². The van der Waals surface area contributed by atoms with Gasteiger partial charge in [0, 0.05) is 17.7 Å².